The van der Waals surface area contributed by atoms with Crippen molar-refractivity contribution in [1.29, 1.82) is 5.26 Å². The van der Waals surface area contributed by atoms with Gasteiger partial charge in [0.25, 0.3) is 6.43 Å². The van der Waals surface area contributed by atoms with E-state index in [1.807, 2.05) is 6.07 Å². The number of H-pyrrole nitrogens is 1. The lowest BCUT2D eigenvalue weighted by molar-refractivity contribution is 0.151. The van der Waals surface area contributed by atoms with Crippen molar-refractivity contribution < 1.29 is 8.78 Å². The smallest absolute Gasteiger partial charge is 0.263 e. The number of rotatable bonds is 4. The van der Waals surface area contributed by atoms with Crippen LogP contribution in [0.4, 0.5) is 14.5 Å². The van der Waals surface area contributed by atoms with Gasteiger partial charge < -0.3 is 5.32 Å². The third-order valence-electron chi connectivity index (χ3n) is 2.25. The number of aromatic amines is 1. The summed E-state index contributed by atoms with van der Waals surface area (Å²) in [7, 11) is 0. The highest BCUT2D eigenvalue weighted by Gasteiger charge is 2.07. The molecule has 0 amide bonds. The molecule has 0 atom stereocenters. The molecule has 1 aromatic heterocycles. The number of alkyl halides is 2. The van der Waals surface area contributed by atoms with E-state index in [0.717, 1.165) is 0 Å². The van der Waals surface area contributed by atoms with Crippen LogP contribution in [-0.2, 0) is 0 Å². The summed E-state index contributed by atoms with van der Waals surface area (Å²) in [5.41, 5.74) is 0.681. The van der Waals surface area contributed by atoms with E-state index in [1.54, 1.807) is 0 Å². The number of benzene rings is 1. The largest absolute Gasteiger partial charge is 0.360 e. The lowest BCUT2D eigenvalue weighted by Gasteiger charge is -2.03. The van der Waals surface area contributed by atoms with E-state index in [4.69, 9.17) is 5.26 Å². The Hall–Kier alpha value is -2.82. The maximum absolute atomic E-state index is 12.4. The quantitative estimate of drug-likeness (QED) is 0.823. The van der Waals surface area contributed by atoms with Gasteiger partial charge in [-0.25, -0.2) is 8.78 Å². The Morgan fingerprint density at radius 2 is 2.11 bits per heavy atom. The number of aromatic nitrogens is 4. The first-order chi connectivity index (χ1) is 9.20. The lowest BCUT2D eigenvalue weighted by Crippen LogP contribution is -1.93. The van der Waals surface area contributed by atoms with E-state index in [-0.39, 0.29) is 17.0 Å². The molecule has 0 aliphatic carbocycles. The fraction of sp³-hybridized carbons (Fsp3) is 0.0909. The van der Waals surface area contributed by atoms with E-state index >= 15 is 0 Å². The van der Waals surface area contributed by atoms with E-state index in [0.29, 0.717) is 5.69 Å². The van der Waals surface area contributed by atoms with Crippen LogP contribution in [0.3, 0.4) is 0 Å². The Morgan fingerprint density at radius 1 is 1.37 bits per heavy atom. The number of nitriles is 1. The number of anilines is 1. The zero-order valence-corrected chi connectivity index (χ0v) is 9.51. The molecule has 0 saturated heterocycles. The van der Waals surface area contributed by atoms with Gasteiger partial charge in [0.05, 0.1) is 0 Å². The Balaban J connectivity index is 2.11. The third kappa shape index (κ3) is 3.10. The Bertz CT molecular complexity index is 597. The average Bonchev–Trinajstić information content (AvgIpc) is 2.94. The standard InChI is InChI=1S/C11H8F2N6/c12-10(13)7-1-3-9(4-2-7)15-6-8(5-14)11-16-18-19-17-11/h1-4,6,10,15H,(H,16,17,18,19). The van der Waals surface area contributed by atoms with Crippen molar-refractivity contribution in [3.05, 3.63) is 41.9 Å². The summed E-state index contributed by atoms with van der Waals surface area (Å²) >= 11 is 0. The van der Waals surface area contributed by atoms with Gasteiger partial charge in [-0.15, -0.1) is 10.2 Å². The van der Waals surface area contributed by atoms with Crippen LogP contribution in [0.1, 0.15) is 17.8 Å². The molecule has 6 nitrogen and oxygen atoms in total. The van der Waals surface area contributed by atoms with Crippen LogP contribution in [0.5, 0.6) is 0 Å². The summed E-state index contributed by atoms with van der Waals surface area (Å²) in [5.74, 6) is 0.152. The summed E-state index contributed by atoms with van der Waals surface area (Å²) in [6, 6.07) is 7.49. The highest BCUT2D eigenvalue weighted by atomic mass is 19.3. The first-order valence-corrected chi connectivity index (χ1v) is 5.19. The van der Waals surface area contributed by atoms with Crippen molar-refractivity contribution in [2.24, 2.45) is 0 Å². The first-order valence-electron chi connectivity index (χ1n) is 5.19. The van der Waals surface area contributed by atoms with Crippen LogP contribution in [0.25, 0.3) is 5.57 Å². The molecule has 0 saturated carbocycles. The number of halogens is 2. The normalized spacial score (nSPS) is 11.4. The molecular weight excluding hydrogens is 254 g/mol. The summed E-state index contributed by atoms with van der Waals surface area (Å²) in [5, 5.41) is 24.6. The van der Waals surface area contributed by atoms with Gasteiger partial charge in [0.15, 0.2) is 0 Å². The fourth-order valence-electron chi connectivity index (χ4n) is 1.30. The molecule has 0 spiro atoms. The van der Waals surface area contributed by atoms with Crippen molar-refractivity contribution in [2.45, 2.75) is 6.43 Å². The van der Waals surface area contributed by atoms with Crippen LogP contribution in [0, 0.1) is 11.3 Å². The molecule has 2 N–H and O–H groups in total. The number of hydrogen-bond acceptors (Lipinski definition) is 5. The maximum Gasteiger partial charge on any atom is 0.263 e. The van der Waals surface area contributed by atoms with Gasteiger partial charge >= 0.3 is 0 Å². The molecule has 0 aliphatic rings. The van der Waals surface area contributed by atoms with Gasteiger partial charge in [0.2, 0.25) is 5.82 Å². The summed E-state index contributed by atoms with van der Waals surface area (Å²) in [6.45, 7) is 0. The van der Waals surface area contributed by atoms with Crippen molar-refractivity contribution in [3.8, 4) is 6.07 Å². The predicted octanol–water partition coefficient (Wildman–Crippen LogP) is 2.11. The highest BCUT2D eigenvalue weighted by molar-refractivity contribution is 5.73. The number of hydrogen-bond donors (Lipinski definition) is 2. The third-order valence-corrected chi connectivity index (χ3v) is 2.25. The molecule has 0 fully saturated rings. The van der Waals surface area contributed by atoms with Crippen molar-refractivity contribution in [3.63, 3.8) is 0 Å². The van der Waals surface area contributed by atoms with Gasteiger partial charge in [-0.1, -0.05) is 12.1 Å². The zero-order chi connectivity index (χ0) is 13.7. The minimum atomic E-state index is -2.50. The van der Waals surface area contributed by atoms with Gasteiger partial charge in [-0.05, 0) is 17.3 Å². The average molecular weight is 262 g/mol. The summed E-state index contributed by atoms with van der Waals surface area (Å²) in [4.78, 5) is 0. The molecule has 19 heavy (non-hydrogen) atoms. The molecule has 96 valence electrons. The van der Waals surface area contributed by atoms with Crippen molar-refractivity contribution >= 4 is 11.3 Å². The molecule has 8 heteroatoms. The fourth-order valence-corrected chi connectivity index (χ4v) is 1.30. The number of nitrogens with one attached hydrogen (secondary N) is 2. The van der Waals surface area contributed by atoms with Crippen LogP contribution < -0.4 is 5.32 Å². The lowest BCUT2D eigenvalue weighted by atomic mass is 10.2. The first kappa shape index (κ1) is 12.6. The minimum absolute atomic E-state index is 0.0618. The molecule has 2 rings (SSSR count). The van der Waals surface area contributed by atoms with Gasteiger partial charge in [-0.3, -0.25) is 0 Å². The minimum Gasteiger partial charge on any atom is -0.360 e. The van der Waals surface area contributed by atoms with E-state index in [9.17, 15) is 8.78 Å². The SMILES string of the molecule is N#CC(=CNc1ccc(C(F)F)cc1)c1nn[nH]n1. The molecule has 0 aliphatic heterocycles. The number of nitrogens with zero attached hydrogens (tertiary/aromatic N) is 4. The van der Waals surface area contributed by atoms with Gasteiger partial charge in [0.1, 0.15) is 11.6 Å². The van der Waals surface area contributed by atoms with Crippen LogP contribution in [0.2, 0.25) is 0 Å². The molecule has 1 heterocycles. The van der Waals surface area contributed by atoms with Crippen molar-refractivity contribution in [2.75, 3.05) is 5.32 Å². The monoisotopic (exact) mass is 262 g/mol. The Labute approximate surface area is 106 Å². The number of tetrazole rings is 1. The summed E-state index contributed by atoms with van der Waals surface area (Å²) in [6.07, 6.45) is -1.12. The molecule has 2 aromatic rings. The van der Waals surface area contributed by atoms with Crippen LogP contribution in [0.15, 0.2) is 30.5 Å². The highest BCUT2D eigenvalue weighted by Crippen LogP contribution is 2.20. The predicted molar refractivity (Wildman–Crippen MR) is 62.8 cm³/mol. The maximum atomic E-state index is 12.4. The van der Waals surface area contributed by atoms with E-state index in [2.05, 4.69) is 25.9 Å². The summed E-state index contributed by atoms with van der Waals surface area (Å²) < 4.78 is 24.7. The van der Waals surface area contributed by atoms with Gasteiger partial charge in [0, 0.05) is 17.5 Å². The molecular formula is C11H8F2N6. The van der Waals surface area contributed by atoms with E-state index in [1.165, 1.54) is 30.5 Å². The van der Waals surface area contributed by atoms with Crippen LogP contribution >= 0.6 is 0 Å². The topological polar surface area (TPSA) is 90.3 Å². The Morgan fingerprint density at radius 3 is 2.63 bits per heavy atom. The van der Waals surface area contributed by atoms with Crippen LogP contribution in [-0.4, -0.2) is 20.6 Å². The van der Waals surface area contributed by atoms with E-state index < -0.39 is 6.43 Å². The molecule has 0 unspecified atom stereocenters. The number of allylic oxidation sites excluding steroid dienone is 1. The molecule has 0 radical (unpaired) electrons. The second kappa shape index (κ2) is 5.68. The van der Waals surface area contributed by atoms with Crippen molar-refractivity contribution in [1.82, 2.24) is 20.6 Å². The molecule has 1 aromatic carbocycles. The second-order valence-electron chi connectivity index (χ2n) is 3.47. The Kier molecular flexibility index (Phi) is 3.78. The molecule has 0 bridgehead atoms. The zero-order valence-electron chi connectivity index (χ0n) is 9.51. The second-order valence-corrected chi connectivity index (χ2v) is 3.47. The van der Waals surface area contributed by atoms with Gasteiger partial charge in [-0.2, -0.15) is 10.5 Å².